The van der Waals surface area contributed by atoms with Gasteiger partial charge in [-0.25, -0.2) is 13.2 Å². The molecule has 0 aliphatic carbocycles. The van der Waals surface area contributed by atoms with E-state index in [1.807, 2.05) is 30.3 Å². The first-order chi connectivity index (χ1) is 12.0. The van der Waals surface area contributed by atoms with Gasteiger partial charge in [0.1, 0.15) is 5.56 Å². The molecule has 1 fully saturated rings. The van der Waals surface area contributed by atoms with E-state index < -0.39 is 16.0 Å². The minimum atomic E-state index is -3.83. The van der Waals surface area contributed by atoms with Crippen molar-refractivity contribution in [3.63, 3.8) is 0 Å². The van der Waals surface area contributed by atoms with E-state index in [1.54, 1.807) is 11.8 Å². The van der Waals surface area contributed by atoms with Gasteiger partial charge in [-0.3, -0.25) is 4.68 Å². The molecule has 1 aromatic carbocycles. The van der Waals surface area contributed by atoms with Gasteiger partial charge >= 0.3 is 5.97 Å². The Morgan fingerprint density at radius 2 is 1.92 bits per heavy atom. The largest absolute Gasteiger partial charge is 0.465 e. The number of aromatic nitrogens is 2. The van der Waals surface area contributed by atoms with Crippen LogP contribution in [0.2, 0.25) is 0 Å². The highest BCUT2D eigenvalue weighted by atomic mass is 32.2. The Kier molecular flexibility index (Phi) is 5.45. The second-order valence-corrected chi connectivity index (χ2v) is 8.62. The molecule has 1 aliphatic rings. The highest BCUT2D eigenvalue weighted by Gasteiger charge is 2.34. The summed E-state index contributed by atoms with van der Waals surface area (Å²) in [7, 11) is -2.61. The summed E-state index contributed by atoms with van der Waals surface area (Å²) in [6.45, 7) is 1.20. The summed E-state index contributed by atoms with van der Waals surface area (Å²) in [5.74, 6) is 0.763. The first kappa shape index (κ1) is 18.0. The Morgan fingerprint density at radius 1 is 1.24 bits per heavy atom. The number of hydrogen-bond donors (Lipinski definition) is 0. The number of carbonyl (C=O) groups excluding carboxylic acids is 1. The summed E-state index contributed by atoms with van der Waals surface area (Å²) >= 11 is 1.71. The minimum absolute atomic E-state index is 0.0309. The lowest BCUT2D eigenvalue weighted by atomic mass is 10.2. The number of benzene rings is 1. The molecule has 0 saturated carbocycles. The lowest BCUT2D eigenvalue weighted by Gasteiger charge is -2.24. The van der Waals surface area contributed by atoms with Gasteiger partial charge in [0.15, 0.2) is 0 Å². The third kappa shape index (κ3) is 3.88. The van der Waals surface area contributed by atoms with Gasteiger partial charge in [-0.05, 0) is 5.56 Å². The Morgan fingerprint density at radius 3 is 2.56 bits per heavy atom. The number of methoxy groups -OCH3 is 1. The molecule has 1 aromatic heterocycles. The number of thioether (sulfide) groups is 1. The van der Waals surface area contributed by atoms with Gasteiger partial charge in [0.05, 0.1) is 13.7 Å². The molecule has 0 N–H and O–H groups in total. The molecular formula is C16H19N3O4S2. The molecule has 2 aromatic rings. The zero-order valence-electron chi connectivity index (χ0n) is 13.8. The van der Waals surface area contributed by atoms with E-state index in [0.717, 1.165) is 17.1 Å². The molecule has 1 saturated heterocycles. The van der Waals surface area contributed by atoms with Crippen molar-refractivity contribution in [2.75, 3.05) is 31.7 Å². The number of esters is 1. The number of sulfonamides is 1. The second kappa shape index (κ2) is 7.59. The van der Waals surface area contributed by atoms with Crippen LogP contribution in [0.25, 0.3) is 0 Å². The van der Waals surface area contributed by atoms with E-state index >= 15 is 0 Å². The normalized spacial score (nSPS) is 15.9. The van der Waals surface area contributed by atoms with Gasteiger partial charge in [-0.1, -0.05) is 30.3 Å². The van der Waals surface area contributed by atoms with Crippen molar-refractivity contribution in [1.29, 1.82) is 0 Å². The fraction of sp³-hybridized carbons (Fsp3) is 0.375. The molecule has 0 spiro atoms. The second-order valence-electron chi connectivity index (χ2n) is 5.54. The average molecular weight is 381 g/mol. The van der Waals surface area contributed by atoms with E-state index in [4.69, 9.17) is 4.74 Å². The van der Waals surface area contributed by atoms with Crippen LogP contribution in [0.1, 0.15) is 15.9 Å². The van der Waals surface area contributed by atoms with Crippen LogP contribution in [0.5, 0.6) is 0 Å². The van der Waals surface area contributed by atoms with Gasteiger partial charge in [0.25, 0.3) is 10.0 Å². The maximum Gasteiger partial charge on any atom is 0.342 e. The number of ether oxygens (including phenoxy) is 1. The Hall–Kier alpha value is -1.84. The van der Waals surface area contributed by atoms with Crippen LogP contribution < -0.4 is 0 Å². The topological polar surface area (TPSA) is 81.5 Å². The molecule has 3 rings (SSSR count). The standard InChI is InChI=1S/C16H19N3O4S2/c1-23-16(20)14-12-18(11-13-5-3-2-4-6-13)17-15(14)25(21,22)19-7-9-24-10-8-19/h2-6,12H,7-11H2,1H3. The molecule has 0 unspecified atom stereocenters. The summed E-state index contributed by atoms with van der Waals surface area (Å²) in [4.78, 5) is 12.1. The van der Waals surface area contributed by atoms with Gasteiger partial charge in [-0.15, -0.1) is 0 Å². The molecule has 0 atom stereocenters. The molecule has 25 heavy (non-hydrogen) atoms. The number of carbonyl (C=O) groups is 1. The highest BCUT2D eigenvalue weighted by molar-refractivity contribution is 7.99. The van der Waals surface area contributed by atoms with Crippen LogP contribution in [0.15, 0.2) is 41.6 Å². The highest BCUT2D eigenvalue weighted by Crippen LogP contribution is 2.23. The molecule has 1 aliphatic heterocycles. The Labute approximate surface area is 151 Å². The van der Waals surface area contributed by atoms with Crippen LogP contribution in [-0.4, -0.2) is 60.2 Å². The fourth-order valence-corrected chi connectivity index (χ4v) is 5.27. The summed E-state index contributed by atoms with van der Waals surface area (Å²) in [6, 6.07) is 9.51. The van der Waals surface area contributed by atoms with Crippen molar-refractivity contribution >= 4 is 27.8 Å². The minimum Gasteiger partial charge on any atom is -0.465 e. The van der Waals surface area contributed by atoms with Gasteiger partial charge < -0.3 is 4.74 Å². The maximum atomic E-state index is 12.9. The Bertz CT molecular complexity index is 844. The van der Waals surface area contributed by atoms with Crippen molar-refractivity contribution < 1.29 is 17.9 Å². The van der Waals surface area contributed by atoms with Crippen LogP contribution in [0, 0.1) is 0 Å². The smallest absolute Gasteiger partial charge is 0.342 e. The third-order valence-corrected chi connectivity index (χ3v) is 6.65. The van der Waals surface area contributed by atoms with E-state index in [2.05, 4.69) is 5.10 Å². The predicted molar refractivity (Wildman–Crippen MR) is 95.2 cm³/mol. The van der Waals surface area contributed by atoms with Gasteiger partial charge in [-0.2, -0.15) is 21.2 Å². The SMILES string of the molecule is COC(=O)c1cn(Cc2ccccc2)nc1S(=O)(=O)N1CCSCC1. The van der Waals surface area contributed by atoms with Crippen molar-refractivity contribution in [3.05, 3.63) is 47.7 Å². The first-order valence-corrected chi connectivity index (χ1v) is 10.4. The lowest BCUT2D eigenvalue weighted by molar-refractivity contribution is 0.0596. The molecule has 7 nitrogen and oxygen atoms in total. The van der Waals surface area contributed by atoms with Gasteiger partial charge in [0.2, 0.25) is 5.03 Å². The summed E-state index contributed by atoms with van der Waals surface area (Å²) in [6.07, 6.45) is 1.43. The molecule has 0 radical (unpaired) electrons. The lowest BCUT2D eigenvalue weighted by Crippen LogP contribution is -2.38. The van der Waals surface area contributed by atoms with Gasteiger partial charge in [0, 0.05) is 30.8 Å². The van der Waals surface area contributed by atoms with E-state index in [1.165, 1.54) is 22.3 Å². The first-order valence-electron chi connectivity index (χ1n) is 7.80. The molecule has 9 heteroatoms. The average Bonchev–Trinajstić information content (AvgIpc) is 3.07. The van der Waals surface area contributed by atoms with Crippen LogP contribution in [0.4, 0.5) is 0 Å². The van der Waals surface area contributed by atoms with Crippen molar-refractivity contribution in [2.45, 2.75) is 11.6 Å². The molecule has 0 amide bonds. The molecular weight excluding hydrogens is 362 g/mol. The molecule has 0 bridgehead atoms. The zero-order chi connectivity index (χ0) is 17.9. The molecule has 134 valence electrons. The quantitative estimate of drug-likeness (QED) is 0.730. The molecule has 2 heterocycles. The summed E-state index contributed by atoms with van der Waals surface area (Å²) < 4.78 is 33.4. The number of hydrogen-bond acceptors (Lipinski definition) is 6. The fourth-order valence-electron chi connectivity index (χ4n) is 2.60. The van der Waals surface area contributed by atoms with Crippen molar-refractivity contribution in [1.82, 2.24) is 14.1 Å². The Balaban J connectivity index is 1.97. The number of nitrogens with zero attached hydrogens (tertiary/aromatic N) is 3. The van der Waals surface area contributed by atoms with Crippen molar-refractivity contribution in [2.24, 2.45) is 0 Å². The van der Waals surface area contributed by atoms with Crippen LogP contribution >= 0.6 is 11.8 Å². The maximum absolute atomic E-state index is 12.9. The summed E-state index contributed by atoms with van der Waals surface area (Å²) in [5, 5.41) is 3.97. The van der Waals surface area contributed by atoms with E-state index in [9.17, 15) is 13.2 Å². The zero-order valence-corrected chi connectivity index (χ0v) is 15.4. The van der Waals surface area contributed by atoms with E-state index in [-0.39, 0.29) is 10.6 Å². The van der Waals surface area contributed by atoms with E-state index in [0.29, 0.717) is 19.6 Å². The van der Waals surface area contributed by atoms with Crippen LogP contribution in [-0.2, 0) is 21.3 Å². The third-order valence-electron chi connectivity index (χ3n) is 3.87. The van der Waals surface area contributed by atoms with Crippen molar-refractivity contribution in [3.8, 4) is 0 Å². The monoisotopic (exact) mass is 381 g/mol. The van der Waals surface area contributed by atoms with Crippen LogP contribution in [0.3, 0.4) is 0 Å². The number of rotatable bonds is 5. The summed E-state index contributed by atoms with van der Waals surface area (Å²) in [5.41, 5.74) is 0.927. The predicted octanol–water partition coefficient (Wildman–Crippen LogP) is 1.46.